The quantitative estimate of drug-likeness (QED) is 0.696. The standard InChI is InChI=1S/C12H26N2O2/c1-4-16-11-6-5-7-14(8-11)9-12(2,10-15)13-3/h11,13,15H,4-10H2,1-3H3. The van der Waals surface area contributed by atoms with Gasteiger partial charge in [-0.05, 0) is 40.3 Å². The normalized spacial score (nSPS) is 26.6. The van der Waals surface area contributed by atoms with Gasteiger partial charge in [-0.15, -0.1) is 0 Å². The zero-order valence-corrected chi connectivity index (χ0v) is 10.8. The molecule has 0 spiro atoms. The zero-order valence-electron chi connectivity index (χ0n) is 10.8. The highest BCUT2D eigenvalue weighted by Gasteiger charge is 2.28. The predicted octanol–water partition coefficient (Wildman–Crippen LogP) is 0.458. The highest BCUT2D eigenvalue weighted by molar-refractivity contribution is 4.87. The molecule has 1 aliphatic heterocycles. The molecule has 16 heavy (non-hydrogen) atoms. The second kappa shape index (κ2) is 6.55. The van der Waals surface area contributed by atoms with Gasteiger partial charge in [0.25, 0.3) is 0 Å². The van der Waals surface area contributed by atoms with Gasteiger partial charge in [-0.2, -0.15) is 0 Å². The van der Waals surface area contributed by atoms with Crippen LogP contribution in [0.2, 0.25) is 0 Å². The van der Waals surface area contributed by atoms with Crippen LogP contribution in [0.1, 0.15) is 26.7 Å². The van der Waals surface area contributed by atoms with Crippen molar-refractivity contribution in [1.82, 2.24) is 10.2 Å². The van der Waals surface area contributed by atoms with Crippen LogP contribution in [0.25, 0.3) is 0 Å². The van der Waals surface area contributed by atoms with Crippen molar-refractivity contribution in [3.8, 4) is 0 Å². The lowest BCUT2D eigenvalue weighted by Crippen LogP contribution is -2.55. The van der Waals surface area contributed by atoms with Crippen LogP contribution >= 0.6 is 0 Å². The molecule has 0 radical (unpaired) electrons. The lowest BCUT2D eigenvalue weighted by Gasteiger charge is -2.38. The van der Waals surface area contributed by atoms with Crippen molar-refractivity contribution in [2.75, 3.05) is 39.9 Å². The Hall–Kier alpha value is -0.160. The smallest absolute Gasteiger partial charge is 0.0702 e. The molecular weight excluding hydrogens is 204 g/mol. The first-order chi connectivity index (χ1) is 7.63. The number of likely N-dealkylation sites (tertiary alicyclic amines) is 1. The van der Waals surface area contributed by atoms with Gasteiger partial charge in [0.05, 0.1) is 18.2 Å². The van der Waals surface area contributed by atoms with E-state index in [2.05, 4.69) is 17.1 Å². The molecule has 4 nitrogen and oxygen atoms in total. The summed E-state index contributed by atoms with van der Waals surface area (Å²) in [6, 6.07) is 0. The summed E-state index contributed by atoms with van der Waals surface area (Å²) < 4.78 is 5.67. The number of ether oxygens (including phenoxy) is 1. The number of aliphatic hydroxyl groups excluding tert-OH is 1. The molecule has 0 aliphatic carbocycles. The van der Waals surface area contributed by atoms with E-state index in [1.165, 1.54) is 12.8 Å². The van der Waals surface area contributed by atoms with E-state index in [0.717, 1.165) is 26.2 Å². The lowest BCUT2D eigenvalue weighted by molar-refractivity contribution is -0.00465. The first-order valence-electron chi connectivity index (χ1n) is 6.27. The Morgan fingerprint density at radius 1 is 1.56 bits per heavy atom. The van der Waals surface area contributed by atoms with Gasteiger partial charge >= 0.3 is 0 Å². The fourth-order valence-corrected chi connectivity index (χ4v) is 2.23. The monoisotopic (exact) mass is 230 g/mol. The number of nitrogens with zero attached hydrogens (tertiary/aromatic N) is 1. The molecule has 2 atom stereocenters. The number of likely N-dealkylation sites (N-methyl/N-ethyl adjacent to an activating group) is 1. The molecule has 1 fully saturated rings. The van der Waals surface area contributed by atoms with Gasteiger partial charge in [0.15, 0.2) is 0 Å². The molecule has 0 aromatic heterocycles. The molecule has 1 rings (SSSR count). The van der Waals surface area contributed by atoms with E-state index < -0.39 is 0 Å². The van der Waals surface area contributed by atoms with Crippen molar-refractivity contribution in [3.63, 3.8) is 0 Å². The Morgan fingerprint density at radius 3 is 2.88 bits per heavy atom. The third-order valence-corrected chi connectivity index (χ3v) is 3.39. The van der Waals surface area contributed by atoms with Crippen LogP contribution in [-0.4, -0.2) is 61.5 Å². The first kappa shape index (κ1) is 13.9. The first-order valence-corrected chi connectivity index (χ1v) is 6.27. The summed E-state index contributed by atoms with van der Waals surface area (Å²) in [6.45, 7) is 8.04. The van der Waals surface area contributed by atoms with Crippen LogP contribution in [0.15, 0.2) is 0 Å². The van der Waals surface area contributed by atoms with Gasteiger partial charge in [-0.25, -0.2) is 0 Å². The number of hydrogen-bond donors (Lipinski definition) is 2. The van der Waals surface area contributed by atoms with Gasteiger partial charge < -0.3 is 15.2 Å². The maximum absolute atomic E-state index is 9.36. The van der Waals surface area contributed by atoms with E-state index >= 15 is 0 Å². The van der Waals surface area contributed by atoms with E-state index in [1.807, 2.05) is 14.0 Å². The van der Waals surface area contributed by atoms with Crippen molar-refractivity contribution in [3.05, 3.63) is 0 Å². The van der Waals surface area contributed by atoms with Crippen LogP contribution in [-0.2, 0) is 4.74 Å². The fraction of sp³-hybridized carbons (Fsp3) is 1.00. The molecule has 0 saturated carbocycles. The summed E-state index contributed by atoms with van der Waals surface area (Å²) in [6.07, 6.45) is 2.73. The molecule has 0 bridgehead atoms. The number of aliphatic hydroxyl groups is 1. The van der Waals surface area contributed by atoms with Crippen molar-refractivity contribution >= 4 is 0 Å². The van der Waals surface area contributed by atoms with E-state index in [9.17, 15) is 5.11 Å². The van der Waals surface area contributed by atoms with Crippen LogP contribution in [0.3, 0.4) is 0 Å². The van der Waals surface area contributed by atoms with E-state index in [4.69, 9.17) is 4.74 Å². The van der Waals surface area contributed by atoms with Crippen LogP contribution < -0.4 is 5.32 Å². The van der Waals surface area contributed by atoms with E-state index in [1.54, 1.807) is 0 Å². The Bertz CT molecular complexity index is 193. The van der Waals surface area contributed by atoms with Crippen molar-refractivity contribution in [1.29, 1.82) is 0 Å². The third-order valence-electron chi connectivity index (χ3n) is 3.39. The summed E-state index contributed by atoms with van der Waals surface area (Å²) in [4.78, 5) is 2.39. The van der Waals surface area contributed by atoms with Gasteiger partial charge in [0.2, 0.25) is 0 Å². The third kappa shape index (κ3) is 4.01. The molecule has 0 amide bonds. The largest absolute Gasteiger partial charge is 0.394 e. The summed E-state index contributed by atoms with van der Waals surface area (Å²) in [5.41, 5.74) is -0.200. The molecule has 1 aliphatic rings. The van der Waals surface area contributed by atoms with Gasteiger partial charge in [-0.3, -0.25) is 4.90 Å². The molecule has 4 heteroatoms. The fourth-order valence-electron chi connectivity index (χ4n) is 2.23. The molecule has 1 saturated heterocycles. The minimum Gasteiger partial charge on any atom is -0.394 e. The maximum atomic E-state index is 9.36. The summed E-state index contributed by atoms with van der Waals surface area (Å²) in [7, 11) is 1.90. The van der Waals surface area contributed by atoms with Gasteiger partial charge in [0.1, 0.15) is 0 Å². The average Bonchev–Trinajstić information content (AvgIpc) is 2.30. The van der Waals surface area contributed by atoms with Crippen LogP contribution in [0.4, 0.5) is 0 Å². The Kier molecular flexibility index (Phi) is 5.69. The van der Waals surface area contributed by atoms with Crippen LogP contribution in [0.5, 0.6) is 0 Å². The second-order valence-electron chi connectivity index (χ2n) is 4.92. The molecular formula is C12H26N2O2. The molecule has 2 unspecified atom stereocenters. The summed E-state index contributed by atoms with van der Waals surface area (Å²) in [5, 5.41) is 12.6. The number of piperidine rings is 1. The van der Waals surface area contributed by atoms with Crippen molar-refractivity contribution in [2.24, 2.45) is 0 Å². The topological polar surface area (TPSA) is 44.7 Å². The number of rotatable bonds is 6. The van der Waals surface area contributed by atoms with E-state index in [-0.39, 0.29) is 12.1 Å². The number of hydrogen-bond acceptors (Lipinski definition) is 4. The highest BCUT2D eigenvalue weighted by Crippen LogP contribution is 2.15. The molecule has 96 valence electrons. The maximum Gasteiger partial charge on any atom is 0.0702 e. The zero-order chi connectivity index (χ0) is 12.0. The summed E-state index contributed by atoms with van der Waals surface area (Å²) in [5.74, 6) is 0. The van der Waals surface area contributed by atoms with Crippen LogP contribution in [0, 0.1) is 0 Å². The van der Waals surface area contributed by atoms with Gasteiger partial charge in [-0.1, -0.05) is 0 Å². The minimum absolute atomic E-state index is 0.166. The summed E-state index contributed by atoms with van der Waals surface area (Å²) >= 11 is 0. The molecule has 0 aromatic carbocycles. The number of nitrogens with one attached hydrogen (secondary N) is 1. The lowest BCUT2D eigenvalue weighted by atomic mass is 10.0. The highest BCUT2D eigenvalue weighted by atomic mass is 16.5. The average molecular weight is 230 g/mol. The Balaban J connectivity index is 2.41. The SMILES string of the molecule is CCOC1CCCN(CC(C)(CO)NC)C1. The molecule has 0 aromatic rings. The molecule has 1 heterocycles. The van der Waals surface area contributed by atoms with Crippen molar-refractivity contribution in [2.45, 2.75) is 38.3 Å². The minimum atomic E-state index is -0.200. The Morgan fingerprint density at radius 2 is 2.31 bits per heavy atom. The molecule has 2 N–H and O–H groups in total. The second-order valence-corrected chi connectivity index (χ2v) is 4.92. The van der Waals surface area contributed by atoms with Crippen molar-refractivity contribution < 1.29 is 9.84 Å². The Labute approximate surface area is 99.0 Å². The predicted molar refractivity (Wildman–Crippen MR) is 65.6 cm³/mol. The van der Waals surface area contributed by atoms with E-state index in [0.29, 0.717) is 6.10 Å². The van der Waals surface area contributed by atoms with Gasteiger partial charge in [0, 0.05) is 19.7 Å².